The van der Waals surface area contributed by atoms with Crippen LogP contribution in [0.25, 0.3) is 11.1 Å². The number of rotatable bonds is 6. The minimum Gasteiger partial charge on any atom is -0.458 e. The van der Waals surface area contributed by atoms with Gasteiger partial charge in [-0.15, -0.1) is 0 Å². The monoisotopic (exact) mass is 639 g/mol. The normalized spacial score (nSPS) is 13.1. The Morgan fingerprint density at radius 3 is 1.57 bits per heavy atom. The third kappa shape index (κ3) is 5.40. The molecule has 0 amide bonds. The van der Waals surface area contributed by atoms with E-state index >= 15 is 0 Å². The van der Waals surface area contributed by atoms with Gasteiger partial charge in [-0.2, -0.15) is 0 Å². The van der Waals surface area contributed by atoms with Gasteiger partial charge in [-0.05, 0) is 105 Å². The molecule has 0 N–H and O–H groups in total. The Labute approximate surface area is 291 Å². The fourth-order valence-electron chi connectivity index (χ4n) is 7.59. The van der Waals surface area contributed by atoms with Crippen LogP contribution in [0.15, 0.2) is 127 Å². The number of hydrogen-bond acceptors (Lipinski definition) is 3. The van der Waals surface area contributed by atoms with Crippen molar-refractivity contribution in [2.75, 3.05) is 4.90 Å². The van der Waals surface area contributed by atoms with Gasteiger partial charge in [0.25, 0.3) is 6.71 Å². The predicted molar refractivity (Wildman–Crippen MR) is 207 cm³/mol. The number of hydrogen-bond donors (Lipinski definition) is 0. The van der Waals surface area contributed by atoms with Gasteiger partial charge in [0, 0.05) is 5.69 Å². The summed E-state index contributed by atoms with van der Waals surface area (Å²) in [6.45, 7) is 14.0. The highest BCUT2D eigenvalue weighted by Gasteiger charge is 2.36. The maximum absolute atomic E-state index is 6.63. The van der Waals surface area contributed by atoms with E-state index in [9.17, 15) is 0 Å². The fourth-order valence-corrected chi connectivity index (χ4v) is 7.59. The van der Waals surface area contributed by atoms with Crippen LogP contribution in [0.4, 0.5) is 17.1 Å². The number of anilines is 3. The quantitative estimate of drug-likeness (QED) is 0.169. The molecular formula is C45H42BNO2. The molecule has 6 aromatic rings. The molecule has 0 fully saturated rings. The first-order valence-corrected chi connectivity index (χ1v) is 17.6. The fraction of sp³-hybridized carbons (Fsp3) is 0.200. The molecule has 2 aliphatic rings. The molecule has 0 saturated heterocycles. The Morgan fingerprint density at radius 2 is 0.980 bits per heavy atom. The predicted octanol–water partition coefficient (Wildman–Crippen LogP) is 10.9. The molecule has 0 unspecified atom stereocenters. The molecule has 8 rings (SSSR count). The summed E-state index contributed by atoms with van der Waals surface area (Å²) in [5.41, 5.74) is 13.7. The largest absolute Gasteiger partial charge is 0.458 e. The molecule has 0 bridgehead atoms. The zero-order valence-electron chi connectivity index (χ0n) is 29.2. The third-order valence-corrected chi connectivity index (χ3v) is 10.1. The average Bonchev–Trinajstić information content (AvgIpc) is 3.12. The van der Waals surface area contributed by atoms with Crippen molar-refractivity contribution in [3.63, 3.8) is 0 Å². The van der Waals surface area contributed by atoms with Gasteiger partial charge >= 0.3 is 0 Å². The van der Waals surface area contributed by atoms with E-state index in [1.165, 1.54) is 44.2 Å². The smallest absolute Gasteiger partial charge is 0.251 e. The molecule has 2 heterocycles. The summed E-state index contributed by atoms with van der Waals surface area (Å²) in [6.07, 6.45) is 0. The van der Waals surface area contributed by atoms with Gasteiger partial charge in [0.2, 0.25) is 0 Å². The van der Waals surface area contributed by atoms with E-state index in [1.54, 1.807) is 0 Å². The molecule has 242 valence electrons. The van der Waals surface area contributed by atoms with Gasteiger partial charge in [0.1, 0.15) is 11.5 Å². The number of fused-ring (bicyclic) bond motifs is 4. The Hall–Kier alpha value is -5.22. The minimum atomic E-state index is 0.0662. The topological polar surface area (TPSA) is 21.7 Å². The highest BCUT2D eigenvalue weighted by molar-refractivity contribution is 6.97. The van der Waals surface area contributed by atoms with Crippen LogP contribution in [-0.4, -0.2) is 6.71 Å². The van der Waals surface area contributed by atoms with Crippen molar-refractivity contribution >= 4 is 40.2 Å². The van der Waals surface area contributed by atoms with Crippen molar-refractivity contribution in [2.45, 2.75) is 59.3 Å². The van der Waals surface area contributed by atoms with E-state index in [0.29, 0.717) is 17.8 Å². The summed E-state index contributed by atoms with van der Waals surface area (Å²) < 4.78 is 12.9. The molecule has 0 aromatic heterocycles. The van der Waals surface area contributed by atoms with Gasteiger partial charge in [-0.25, -0.2) is 0 Å². The van der Waals surface area contributed by atoms with Gasteiger partial charge < -0.3 is 14.4 Å². The van der Waals surface area contributed by atoms with E-state index in [0.717, 1.165) is 40.1 Å². The Bertz CT molecular complexity index is 2110. The van der Waals surface area contributed by atoms with E-state index in [1.807, 2.05) is 24.3 Å². The second-order valence-electron chi connectivity index (χ2n) is 14.3. The van der Waals surface area contributed by atoms with E-state index in [2.05, 4.69) is 150 Å². The minimum absolute atomic E-state index is 0.0662. The highest BCUT2D eigenvalue weighted by atomic mass is 16.5. The Balaban J connectivity index is 1.25. The summed E-state index contributed by atoms with van der Waals surface area (Å²) in [5.74, 6) is 4.82. The molecule has 0 spiro atoms. The molecule has 0 radical (unpaired) electrons. The SMILES string of the molecule is CC(C)c1cc(C(C)C)c(B2c3ccccc3Oc3ccc(-c4ccc(N5c6ccccc6Oc6ccccc65)cc4)cc32)c(C(C)C)c1. The maximum Gasteiger partial charge on any atom is 0.251 e. The Morgan fingerprint density at radius 1 is 0.469 bits per heavy atom. The van der Waals surface area contributed by atoms with Crippen LogP contribution in [-0.2, 0) is 0 Å². The van der Waals surface area contributed by atoms with Crippen LogP contribution in [0.5, 0.6) is 23.0 Å². The van der Waals surface area contributed by atoms with Gasteiger partial charge in [-0.3, -0.25) is 0 Å². The molecule has 2 aliphatic heterocycles. The van der Waals surface area contributed by atoms with Crippen molar-refractivity contribution in [3.05, 3.63) is 144 Å². The summed E-state index contributed by atoms with van der Waals surface area (Å²) in [6, 6.07) is 45.7. The molecule has 0 aliphatic carbocycles. The molecule has 4 heteroatoms. The summed E-state index contributed by atoms with van der Waals surface area (Å²) in [5, 5.41) is 0. The van der Waals surface area contributed by atoms with Gasteiger partial charge in [-0.1, -0.05) is 126 Å². The van der Waals surface area contributed by atoms with E-state index in [-0.39, 0.29) is 6.71 Å². The number of nitrogens with zero attached hydrogens (tertiary/aromatic N) is 1. The summed E-state index contributed by atoms with van der Waals surface area (Å²) in [7, 11) is 0. The summed E-state index contributed by atoms with van der Waals surface area (Å²) >= 11 is 0. The van der Waals surface area contributed by atoms with Crippen molar-refractivity contribution in [2.24, 2.45) is 0 Å². The average molecular weight is 640 g/mol. The second kappa shape index (κ2) is 12.3. The van der Waals surface area contributed by atoms with E-state index in [4.69, 9.17) is 9.47 Å². The van der Waals surface area contributed by atoms with Crippen LogP contribution in [0.2, 0.25) is 0 Å². The van der Waals surface area contributed by atoms with Crippen LogP contribution in [0.3, 0.4) is 0 Å². The van der Waals surface area contributed by atoms with Crippen molar-refractivity contribution in [3.8, 4) is 34.1 Å². The highest BCUT2D eigenvalue weighted by Crippen LogP contribution is 2.50. The van der Waals surface area contributed by atoms with Crippen LogP contribution < -0.4 is 30.8 Å². The van der Waals surface area contributed by atoms with Gasteiger partial charge in [0.05, 0.1) is 11.4 Å². The van der Waals surface area contributed by atoms with Crippen LogP contribution in [0.1, 0.15) is 76.0 Å². The molecule has 3 nitrogen and oxygen atoms in total. The lowest BCUT2D eigenvalue weighted by molar-refractivity contribution is 0.477. The van der Waals surface area contributed by atoms with Crippen molar-refractivity contribution in [1.82, 2.24) is 0 Å². The Kier molecular flexibility index (Phi) is 7.83. The number of ether oxygens (including phenoxy) is 2. The van der Waals surface area contributed by atoms with Crippen molar-refractivity contribution < 1.29 is 9.47 Å². The molecule has 6 aromatic carbocycles. The zero-order chi connectivity index (χ0) is 33.8. The standard InChI is InChI=1S/C45H42BNO2/c1-28(2)33-25-35(29(3)4)45(36(26-33)30(5)6)46-37-13-7-10-16-41(37)48-42-24-21-32(27-38(42)46)31-19-22-34(23-20-31)47-39-14-8-11-17-43(39)49-44-18-12-9-15-40(44)47/h7-30H,1-6H3. The number of benzene rings is 6. The first kappa shape index (κ1) is 31.1. The first-order valence-electron chi connectivity index (χ1n) is 17.6. The van der Waals surface area contributed by atoms with Crippen molar-refractivity contribution in [1.29, 1.82) is 0 Å². The molecule has 49 heavy (non-hydrogen) atoms. The zero-order valence-corrected chi connectivity index (χ0v) is 29.2. The molecule has 0 saturated carbocycles. The molecule has 0 atom stereocenters. The lowest BCUT2D eigenvalue weighted by Crippen LogP contribution is -2.57. The number of para-hydroxylation sites is 5. The maximum atomic E-state index is 6.63. The molecular weight excluding hydrogens is 597 g/mol. The van der Waals surface area contributed by atoms with Crippen LogP contribution >= 0.6 is 0 Å². The van der Waals surface area contributed by atoms with E-state index < -0.39 is 0 Å². The van der Waals surface area contributed by atoms with Gasteiger partial charge in [0.15, 0.2) is 11.5 Å². The first-order chi connectivity index (χ1) is 23.8. The lowest BCUT2D eigenvalue weighted by atomic mass is 9.33. The lowest BCUT2D eigenvalue weighted by Gasteiger charge is -2.33. The van der Waals surface area contributed by atoms with Crippen LogP contribution in [0, 0.1) is 0 Å². The third-order valence-electron chi connectivity index (χ3n) is 10.1. The second-order valence-corrected chi connectivity index (χ2v) is 14.3. The summed E-state index contributed by atoms with van der Waals surface area (Å²) in [4.78, 5) is 2.29.